The van der Waals surface area contributed by atoms with Gasteiger partial charge >= 0.3 is 6.03 Å². The van der Waals surface area contributed by atoms with Gasteiger partial charge in [-0.15, -0.1) is 22.7 Å². The Morgan fingerprint density at radius 3 is 1.60 bits per heavy atom. The van der Waals surface area contributed by atoms with Gasteiger partial charge in [0.15, 0.2) is 0 Å². The third kappa shape index (κ3) is 8.85. The van der Waals surface area contributed by atoms with E-state index < -0.39 is 49.6 Å². The number of rotatable bonds is 14. The van der Waals surface area contributed by atoms with E-state index in [4.69, 9.17) is 0 Å². The van der Waals surface area contributed by atoms with Crippen LogP contribution >= 0.6 is 22.7 Å². The van der Waals surface area contributed by atoms with Crippen molar-refractivity contribution in [1.29, 1.82) is 0 Å². The molecule has 0 aromatic carbocycles. The summed E-state index contributed by atoms with van der Waals surface area (Å²) in [6.45, 7) is 8.63. The lowest BCUT2D eigenvalue weighted by atomic mass is 9.85. The van der Waals surface area contributed by atoms with Crippen molar-refractivity contribution < 1.29 is 26.4 Å². The first kappa shape index (κ1) is 41.1. The number of thiophene rings is 2. The van der Waals surface area contributed by atoms with E-state index in [1.165, 1.54) is 22.7 Å². The minimum absolute atomic E-state index is 0.0488. The van der Waals surface area contributed by atoms with Crippen LogP contribution in [-0.4, -0.2) is 100 Å². The monoisotopic (exact) mass is 856 g/mol. The lowest BCUT2D eigenvalue weighted by Gasteiger charge is -2.32. The van der Waals surface area contributed by atoms with Crippen molar-refractivity contribution in [2.24, 2.45) is 0 Å². The van der Waals surface area contributed by atoms with Gasteiger partial charge in [-0.2, -0.15) is 8.61 Å². The van der Waals surface area contributed by atoms with Gasteiger partial charge in [0.25, 0.3) is 26.0 Å². The van der Waals surface area contributed by atoms with Crippen LogP contribution in [0.4, 0.5) is 16.7 Å². The molecule has 306 valence electrons. The molecule has 7 heterocycles. The van der Waals surface area contributed by atoms with Crippen molar-refractivity contribution in [3.05, 3.63) is 48.8 Å². The Bertz CT molecular complexity index is 2190. The predicted molar refractivity (Wildman–Crippen MR) is 220 cm³/mol. The molecule has 3 amide bonds. The van der Waals surface area contributed by atoms with Crippen LogP contribution in [0.5, 0.6) is 0 Å². The molecule has 3 fully saturated rings. The van der Waals surface area contributed by atoms with Crippen molar-refractivity contribution in [2.45, 2.75) is 117 Å². The van der Waals surface area contributed by atoms with Crippen molar-refractivity contribution in [3.8, 4) is 21.1 Å². The normalized spacial score (nSPS) is 23.4. The zero-order valence-electron chi connectivity index (χ0n) is 32.3. The van der Waals surface area contributed by atoms with Gasteiger partial charge in [0.05, 0.1) is 21.1 Å². The highest BCUT2D eigenvalue weighted by molar-refractivity contribution is 7.91. The fraction of sp³-hybridized carbons (Fsp3) is 0.514. The second-order valence-electron chi connectivity index (χ2n) is 15.2. The minimum atomic E-state index is -3.63. The van der Waals surface area contributed by atoms with Crippen LogP contribution in [-0.2, 0) is 24.8 Å². The molecule has 0 aliphatic carbocycles. The summed E-state index contributed by atoms with van der Waals surface area (Å²) in [4.78, 5) is 45.3. The van der Waals surface area contributed by atoms with Gasteiger partial charge in [0.1, 0.15) is 14.0 Å². The molecule has 0 bridgehead atoms. The number of hydrogen-bond acceptors (Lipinski definition) is 14. The zero-order chi connectivity index (χ0) is 40.5. The molecule has 20 heteroatoms. The lowest BCUT2D eigenvalue weighted by molar-refractivity contribution is -0.124. The standard InChI is InChI=1S/C37H48N10O6S4/c1-23(40-34-38-17-15-27(42-34)29-11-13-31(54-29)56(50,51)46-19-7-5-9-25(46)3)21-37(33(48)44-36(49)45-37)22-24(2)41-35-39-18-16-28(43-35)30-12-14-32(55-30)57(52,53)47-20-8-6-10-26(47)4/h11-18,23-26H,5-10,19-22H2,1-4H3,(H,38,40,42)(H,39,41,43)(H2,44,45,48,49). The zero-order valence-corrected chi connectivity index (χ0v) is 35.5. The van der Waals surface area contributed by atoms with Crippen molar-refractivity contribution in [2.75, 3.05) is 23.7 Å². The number of nitrogens with one attached hydrogen (secondary N) is 4. The van der Waals surface area contributed by atoms with Crippen LogP contribution in [0.25, 0.3) is 21.1 Å². The summed E-state index contributed by atoms with van der Waals surface area (Å²) >= 11 is 2.33. The molecule has 0 spiro atoms. The van der Waals surface area contributed by atoms with E-state index in [0.29, 0.717) is 34.2 Å². The molecule has 4 atom stereocenters. The Hall–Kier alpha value is -4.08. The maximum Gasteiger partial charge on any atom is 0.322 e. The number of anilines is 2. The van der Waals surface area contributed by atoms with E-state index in [1.54, 1.807) is 57.4 Å². The van der Waals surface area contributed by atoms with Gasteiger partial charge in [0, 0.05) is 49.7 Å². The topological polar surface area (TPSA) is 209 Å². The predicted octanol–water partition coefficient (Wildman–Crippen LogP) is 5.51. The molecule has 3 saturated heterocycles. The largest absolute Gasteiger partial charge is 0.352 e. The number of hydrogen-bond donors (Lipinski definition) is 4. The summed E-state index contributed by atoms with van der Waals surface area (Å²) in [6.07, 6.45) is 8.95. The second-order valence-corrected chi connectivity index (χ2v) is 21.6. The molecule has 0 saturated carbocycles. The van der Waals surface area contributed by atoms with Crippen molar-refractivity contribution in [1.82, 2.24) is 39.2 Å². The van der Waals surface area contributed by atoms with Crippen LogP contribution in [0.2, 0.25) is 0 Å². The molecule has 7 rings (SSSR count). The maximum atomic E-state index is 13.4. The van der Waals surface area contributed by atoms with E-state index in [2.05, 4.69) is 41.2 Å². The van der Waals surface area contributed by atoms with Crippen LogP contribution in [0.15, 0.2) is 57.2 Å². The van der Waals surface area contributed by atoms with Crippen LogP contribution in [0, 0.1) is 0 Å². The Morgan fingerprint density at radius 1 is 0.737 bits per heavy atom. The maximum absolute atomic E-state index is 13.4. The average molecular weight is 857 g/mol. The minimum Gasteiger partial charge on any atom is -0.352 e. The number of carbonyl (C=O) groups is 2. The second kappa shape index (κ2) is 16.6. The highest BCUT2D eigenvalue weighted by Crippen LogP contribution is 2.36. The molecule has 0 radical (unpaired) electrons. The molecule has 16 nitrogen and oxygen atoms in total. The molecule has 3 aliphatic rings. The SMILES string of the molecule is CC(CC1(CC(C)Nc2nccc(-c3ccc(S(=O)(=O)N4CCCCC4C)s3)n2)NC(=O)NC1=O)Nc1nccc(-c2ccc(S(=O)(=O)N3CCCCC3C)s2)n1. The summed E-state index contributed by atoms with van der Waals surface area (Å²) in [5.41, 5.74) is -0.191. The molecule has 4 aromatic rings. The van der Waals surface area contributed by atoms with Gasteiger partial charge in [0.2, 0.25) is 11.9 Å². The Balaban J connectivity index is 1.01. The number of amides is 3. The van der Waals surface area contributed by atoms with E-state index in [9.17, 15) is 26.4 Å². The molecule has 4 unspecified atom stereocenters. The molecule has 4 aromatic heterocycles. The van der Waals surface area contributed by atoms with Crippen molar-refractivity contribution >= 4 is 66.6 Å². The molecular weight excluding hydrogens is 809 g/mol. The number of urea groups is 1. The smallest absolute Gasteiger partial charge is 0.322 e. The van der Waals surface area contributed by atoms with Gasteiger partial charge in [-0.3, -0.25) is 10.1 Å². The van der Waals surface area contributed by atoms with Crippen molar-refractivity contribution in [3.63, 3.8) is 0 Å². The number of nitrogens with zero attached hydrogens (tertiary/aromatic N) is 6. The number of piperidine rings is 2. The fourth-order valence-corrected chi connectivity index (χ4v) is 14.1. The van der Waals surface area contributed by atoms with E-state index in [0.717, 1.165) is 38.5 Å². The highest BCUT2D eigenvalue weighted by atomic mass is 32.3. The number of carbonyl (C=O) groups excluding carboxylic acids is 2. The third-order valence-electron chi connectivity index (χ3n) is 10.7. The highest BCUT2D eigenvalue weighted by Gasteiger charge is 2.48. The first-order valence-corrected chi connectivity index (χ1v) is 23.7. The van der Waals surface area contributed by atoms with Crippen LogP contribution in [0.1, 0.15) is 79.1 Å². The van der Waals surface area contributed by atoms with Crippen LogP contribution in [0.3, 0.4) is 0 Å². The first-order chi connectivity index (χ1) is 27.1. The summed E-state index contributed by atoms with van der Waals surface area (Å²) < 4.78 is 57.5. The summed E-state index contributed by atoms with van der Waals surface area (Å²) in [5, 5.41) is 11.7. The van der Waals surface area contributed by atoms with E-state index >= 15 is 0 Å². The van der Waals surface area contributed by atoms with Gasteiger partial charge < -0.3 is 16.0 Å². The number of sulfonamides is 2. The fourth-order valence-electron chi connectivity index (χ4n) is 7.90. The molecule has 4 N–H and O–H groups in total. The van der Waals surface area contributed by atoms with Gasteiger partial charge in [-0.05, 0) is 103 Å². The Labute approximate surface area is 341 Å². The number of aromatic nitrogens is 4. The first-order valence-electron chi connectivity index (χ1n) is 19.2. The molecule has 57 heavy (non-hydrogen) atoms. The molecular formula is C37H48N10O6S4. The summed E-state index contributed by atoms with van der Waals surface area (Å²) in [6, 6.07) is 8.70. The lowest BCUT2D eigenvalue weighted by Crippen LogP contribution is -2.52. The van der Waals surface area contributed by atoms with Crippen LogP contribution < -0.4 is 21.3 Å². The van der Waals surface area contributed by atoms with Gasteiger partial charge in [-0.1, -0.05) is 12.8 Å². The molecule has 3 aliphatic heterocycles. The Kier molecular flexibility index (Phi) is 12.0. The van der Waals surface area contributed by atoms with E-state index in [-0.39, 0.29) is 45.2 Å². The van der Waals surface area contributed by atoms with Gasteiger partial charge in [-0.25, -0.2) is 41.6 Å². The van der Waals surface area contributed by atoms with E-state index in [1.807, 2.05) is 27.7 Å². The number of imide groups is 1. The summed E-state index contributed by atoms with van der Waals surface area (Å²) in [5.74, 6) is 0.104. The quantitative estimate of drug-likeness (QED) is 0.116. The summed E-state index contributed by atoms with van der Waals surface area (Å²) in [7, 11) is -7.25. The Morgan fingerprint density at radius 2 is 1.19 bits per heavy atom. The third-order valence-corrected chi connectivity index (χ3v) is 17.8. The average Bonchev–Trinajstić information content (AvgIpc) is 3.92.